The first kappa shape index (κ1) is 11.4. The van der Waals surface area contributed by atoms with Crippen molar-refractivity contribution in [3.05, 3.63) is 58.0 Å². The van der Waals surface area contributed by atoms with Crippen molar-refractivity contribution in [2.45, 2.75) is 6.54 Å². The van der Waals surface area contributed by atoms with Crippen molar-refractivity contribution < 1.29 is 0 Å². The molecule has 3 rings (SSSR count). The smallest absolute Gasteiger partial charge is 0.179 e. The predicted molar refractivity (Wildman–Crippen MR) is 75.5 cm³/mol. The molecule has 0 radical (unpaired) electrons. The maximum atomic E-state index is 6.17. The Morgan fingerprint density at radius 1 is 1.22 bits per heavy atom. The zero-order valence-electron chi connectivity index (χ0n) is 9.43. The van der Waals surface area contributed by atoms with E-state index in [2.05, 4.69) is 9.97 Å². The van der Waals surface area contributed by atoms with Crippen LogP contribution in [-0.2, 0) is 6.54 Å². The van der Waals surface area contributed by atoms with Gasteiger partial charge in [-0.3, -0.25) is 4.57 Å². The van der Waals surface area contributed by atoms with Crippen LogP contribution in [0.2, 0.25) is 5.02 Å². The molecular formula is C13H10ClN3S. The van der Waals surface area contributed by atoms with Crippen LogP contribution < -0.4 is 0 Å². The summed E-state index contributed by atoms with van der Waals surface area (Å²) in [5.41, 5.74) is 2.82. The van der Waals surface area contributed by atoms with Gasteiger partial charge in [0.15, 0.2) is 10.4 Å². The standard InChI is InChI=1S/C13H10ClN3S/c14-10-5-2-1-4-9(10)8-17-12-11(16-13(17)18)6-3-7-15-12/h1-7H,8H2,(H,16,18). The van der Waals surface area contributed by atoms with E-state index in [4.69, 9.17) is 23.8 Å². The quantitative estimate of drug-likeness (QED) is 0.722. The first-order chi connectivity index (χ1) is 8.75. The minimum Gasteiger partial charge on any atom is -0.329 e. The number of pyridine rings is 1. The second-order valence-electron chi connectivity index (χ2n) is 3.98. The van der Waals surface area contributed by atoms with E-state index in [0.29, 0.717) is 11.3 Å². The summed E-state index contributed by atoms with van der Waals surface area (Å²) in [5, 5.41) is 0.740. The van der Waals surface area contributed by atoms with Gasteiger partial charge >= 0.3 is 0 Å². The number of nitrogens with zero attached hydrogens (tertiary/aromatic N) is 2. The van der Waals surface area contributed by atoms with Gasteiger partial charge in [-0.2, -0.15) is 0 Å². The highest BCUT2D eigenvalue weighted by atomic mass is 35.5. The molecule has 0 aliphatic heterocycles. The van der Waals surface area contributed by atoms with Gasteiger partial charge in [0.25, 0.3) is 0 Å². The summed E-state index contributed by atoms with van der Waals surface area (Å²) < 4.78 is 2.61. The van der Waals surface area contributed by atoms with Crippen molar-refractivity contribution >= 4 is 35.0 Å². The Labute approximate surface area is 114 Å². The molecule has 0 saturated carbocycles. The number of aromatic nitrogens is 3. The molecule has 18 heavy (non-hydrogen) atoms. The molecule has 1 aromatic carbocycles. The third-order valence-corrected chi connectivity index (χ3v) is 3.51. The number of nitrogens with one attached hydrogen (secondary N) is 1. The molecule has 0 aliphatic carbocycles. The Hall–Kier alpha value is -1.65. The Balaban J connectivity index is 2.13. The van der Waals surface area contributed by atoms with E-state index in [1.807, 2.05) is 41.0 Å². The van der Waals surface area contributed by atoms with Gasteiger partial charge in [0.2, 0.25) is 0 Å². The lowest BCUT2D eigenvalue weighted by atomic mass is 10.2. The molecule has 3 nitrogen and oxygen atoms in total. The molecule has 3 aromatic rings. The van der Waals surface area contributed by atoms with Crippen LogP contribution >= 0.6 is 23.8 Å². The Morgan fingerprint density at radius 2 is 2.06 bits per heavy atom. The van der Waals surface area contributed by atoms with Crippen molar-refractivity contribution in [1.82, 2.24) is 14.5 Å². The largest absolute Gasteiger partial charge is 0.329 e. The van der Waals surface area contributed by atoms with Crippen molar-refractivity contribution in [2.24, 2.45) is 0 Å². The van der Waals surface area contributed by atoms with Crippen LogP contribution in [0.3, 0.4) is 0 Å². The summed E-state index contributed by atoms with van der Waals surface area (Å²) in [5.74, 6) is 0. The highest BCUT2D eigenvalue weighted by Gasteiger charge is 2.07. The first-order valence-electron chi connectivity index (χ1n) is 5.52. The van der Waals surface area contributed by atoms with Gasteiger partial charge in [-0.1, -0.05) is 29.8 Å². The lowest BCUT2D eigenvalue weighted by Crippen LogP contribution is -2.01. The Bertz CT molecular complexity index is 760. The number of hydrogen-bond donors (Lipinski definition) is 1. The van der Waals surface area contributed by atoms with Crippen LogP contribution in [0.15, 0.2) is 42.6 Å². The fraction of sp³-hybridized carbons (Fsp3) is 0.0769. The van der Waals surface area contributed by atoms with E-state index in [0.717, 1.165) is 21.7 Å². The summed E-state index contributed by atoms with van der Waals surface area (Å²) in [6, 6.07) is 11.6. The van der Waals surface area contributed by atoms with Crippen LogP contribution in [0, 0.1) is 4.77 Å². The van der Waals surface area contributed by atoms with Crippen LogP contribution in [0.25, 0.3) is 11.2 Å². The average Bonchev–Trinajstić information content (AvgIpc) is 2.69. The Kier molecular flexibility index (Phi) is 2.89. The Morgan fingerprint density at radius 3 is 2.89 bits per heavy atom. The predicted octanol–water partition coefficient (Wildman–Crippen LogP) is 3.80. The highest BCUT2D eigenvalue weighted by Crippen LogP contribution is 2.19. The third-order valence-electron chi connectivity index (χ3n) is 2.82. The SMILES string of the molecule is S=c1[nH]c2cccnc2n1Cc1ccccc1Cl. The van der Waals surface area contributed by atoms with Crippen molar-refractivity contribution in [2.75, 3.05) is 0 Å². The molecule has 0 atom stereocenters. The van der Waals surface area contributed by atoms with Crippen LogP contribution in [0.5, 0.6) is 0 Å². The number of halogens is 1. The zero-order valence-corrected chi connectivity index (χ0v) is 11.0. The summed E-state index contributed by atoms with van der Waals surface area (Å²) in [6.07, 6.45) is 1.76. The van der Waals surface area contributed by atoms with Crippen molar-refractivity contribution in [3.63, 3.8) is 0 Å². The number of H-pyrrole nitrogens is 1. The number of benzene rings is 1. The zero-order chi connectivity index (χ0) is 12.5. The van der Waals surface area contributed by atoms with Crippen molar-refractivity contribution in [1.29, 1.82) is 0 Å². The summed E-state index contributed by atoms with van der Waals surface area (Å²) in [7, 11) is 0. The average molecular weight is 276 g/mol. The molecule has 0 aliphatic rings. The number of aromatic amines is 1. The molecule has 0 unspecified atom stereocenters. The summed E-state index contributed by atoms with van der Waals surface area (Å²) in [6.45, 7) is 0.621. The third kappa shape index (κ3) is 1.94. The van der Waals surface area contributed by atoms with Gasteiger partial charge in [-0.25, -0.2) is 4.98 Å². The van der Waals surface area contributed by atoms with E-state index >= 15 is 0 Å². The van der Waals surface area contributed by atoms with Gasteiger partial charge in [0.1, 0.15) is 0 Å². The monoisotopic (exact) mass is 275 g/mol. The molecule has 0 spiro atoms. The maximum absolute atomic E-state index is 6.17. The molecule has 5 heteroatoms. The lowest BCUT2D eigenvalue weighted by Gasteiger charge is -2.05. The number of imidazole rings is 1. The van der Waals surface area contributed by atoms with Gasteiger partial charge < -0.3 is 4.98 Å². The lowest BCUT2D eigenvalue weighted by molar-refractivity contribution is 0.801. The summed E-state index contributed by atoms with van der Waals surface area (Å²) in [4.78, 5) is 7.49. The molecule has 0 amide bonds. The van der Waals surface area contributed by atoms with Gasteiger partial charge in [-0.05, 0) is 36.0 Å². The minimum absolute atomic E-state index is 0.621. The van der Waals surface area contributed by atoms with Gasteiger partial charge in [0.05, 0.1) is 12.1 Å². The van der Waals surface area contributed by atoms with Crippen LogP contribution in [-0.4, -0.2) is 14.5 Å². The number of fused-ring (bicyclic) bond motifs is 1. The molecular weight excluding hydrogens is 266 g/mol. The molecule has 0 bridgehead atoms. The highest BCUT2D eigenvalue weighted by molar-refractivity contribution is 7.71. The maximum Gasteiger partial charge on any atom is 0.179 e. The molecule has 2 heterocycles. The van der Waals surface area contributed by atoms with Gasteiger partial charge in [-0.15, -0.1) is 0 Å². The second kappa shape index (κ2) is 4.55. The van der Waals surface area contributed by atoms with Crippen LogP contribution in [0.4, 0.5) is 0 Å². The topological polar surface area (TPSA) is 33.6 Å². The van der Waals surface area contributed by atoms with Crippen LogP contribution in [0.1, 0.15) is 5.56 Å². The fourth-order valence-corrected chi connectivity index (χ4v) is 2.39. The van der Waals surface area contributed by atoms with E-state index in [1.165, 1.54) is 0 Å². The first-order valence-corrected chi connectivity index (χ1v) is 6.31. The van der Waals surface area contributed by atoms with Crippen molar-refractivity contribution in [3.8, 4) is 0 Å². The van der Waals surface area contributed by atoms with Gasteiger partial charge in [0, 0.05) is 11.2 Å². The molecule has 1 N–H and O–H groups in total. The van der Waals surface area contributed by atoms with E-state index in [-0.39, 0.29) is 0 Å². The number of hydrogen-bond acceptors (Lipinski definition) is 2. The number of rotatable bonds is 2. The fourth-order valence-electron chi connectivity index (χ4n) is 1.93. The molecule has 0 saturated heterocycles. The molecule has 0 fully saturated rings. The van der Waals surface area contributed by atoms with E-state index < -0.39 is 0 Å². The molecule has 90 valence electrons. The van der Waals surface area contributed by atoms with E-state index in [1.54, 1.807) is 6.20 Å². The summed E-state index contributed by atoms with van der Waals surface area (Å²) >= 11 is 11.5. The van der Waals surface area contributed by atoms with E-state index in [9.17, 15) is 0 Å². The normalized spacial score (nSPS) is 10.9. The minimum atomic E-state index is 0.621. The second-order valence-corrected chi connectivity index (χ2v) is 4.78. The molecule has 2 aromatic heterocycles.